The minimum Gasteiger partial charge on any atom is -0.344 e. The maximum absolute atomic E-state index is 12.3. The molecule has 2 rings (SSSR count). The van der Waals surface area contributed by atoms with E-state index < -0.39 is 0 Å². The lowest BCUT2D eigenvalue weighted by molar-refractivity contribution is -0.133. The van der Waals surface area contributed by atoms with Gasteiger partial charge in [0, 0.05) is 38.4 Å². The third-order valence-electron chi connectivity index (χ3n) is 3.50. The molecular weight excluding hydrogens is 244 g/mol. The third-order valence-corrected chi connectivity index (χ3v) is 3.50. The van der Waals surface area contributed by atoms with E-state index in [1.54, 1.807) is 11.1 Å². The second kappa shape index (κ2) is 5.86. The van der Waals surface area contributed by atoms with E-state index in [2.05, 4.69) is 10.3 Å². The standard InChI is InChI=1S/C13H20N4O2/c1-3-11-13(19)17(6-4-12(18)15-11)9-8-16-7-5-14-10(16)2/h5,7,11H,3-4,6,8-9H2,1-2H3,(H,15,18). The molecule has 0 saturated carbocycles. The summed E-state index contributed by atoms with van der Waals surface area (Å²) in [4.78, 5) is 29.7. The number of amides is 2. The normalized spacial score (nSPS) is 20.3. The van der Waals surface area contributed by atoms with Gasteiger partial charge in [0.2, 0.25) is 11.8 Å². The molecule has 0 radical (unpaired) electrons. The number of carbonyl (C=O) groups is 2. The lowest BCUT2D eigenvalue weighted by Crippen LogP contribution is -2.45. The van der Waals surface area contributed by atoms with Gasteiger partial charge in [-0.15, -0.1) is 0 Å². The molecule has 2 heterocycles. The Morgan fingerprint density at radius 3 is 2.84 bits per heavy atom. The van der Waals surface area contributed by atoms with Crippen molar-refractivity contribution in [3.63, 3.8) is 0 Å². The van der Waals surface area contributed by atoms with Crippen molar-refractivity contribution >= 4 is 11.8 Å². The molecule has 1 aromatic heterocycles. The first-order chi connectivity index (χ1) is 9.11. The van der Waals surface area contributed by atoms with Crippen LogP contribution in [0.15, 0.2) is 12.4 Å². The Morgan fingerprint density at radius 1 is 1.42 bits per heavy atom. The molecule has 6 nitrogen and oxygen atoms in total. The molecule has 1 fully saturated rings. The van der Waals surface area contributed by atoms with E-state index in [-0.39, 0.29) is 17.9 Å². The fraction of sp³-hybridized carbons (Fsp3) is 0.615. The lowest BCUT2D eigenvalue weighted by atomic mass is 10.2. The van der Waals surface area contributed by atoms with E-state index in [4.69, 9.17) is 0 Å². The zero-order valence-corrected chi connectivity index (χ0v) is 11.4. The zero-order chi connectivity index (χ0) is 13.8. The first-order valence-electron chi connectivity index (χ1n) is 6.67. The molecule has 0 aliphatic carbocycles. The van der Waals surface area contributed by atoms with Crippen molar-refractivity contribution in [2.75, 3.05) is 13.1 Å². The highest BCUT2D eigenvalue weighted by atomic mass is 16.2. The van der Waals surface area contributed by atoms with E-state index in [0.717, 1.165) is 5.82 Å². The molecule has 1 saturated heterocycles. The van der Waals surface area contributed by atoms with Gasteiger partial charge < -0.3 is 14.8 Å². The van der Waals surface area contributed by atoms with Crippen LogP contribution >= 0.6 is 0 Å². The number of aryl methyl sites for hydroxylation is 1. The van der Waals surface area contributed by atoms with Gasteiger partial charge in [-0.05, 0) is 13.3 Å². The predicted octanol–water partition coefficient (Wildman–Crippen LogP) is 0.319. The summed E-state index contributed by atoms with van der Waals surface area (Å²) in [6.07, 6.45) is 4.66. The average Bonchev–Trinajstić information content (AvgIpc) is 2.74. The summed E-state index contributed by atoms with van der Waals surface area (Å²) < 4.78 is 2.01. The molecule has 0 bridgehead atoms. The summed E-state index contributed by atoms with van der Waals surface area (Å²) in [5, 5.41) is 2.76. The molecule has 1 unspecified atom stereocenters. The van der Waals surface area contributed by atoms with Gasteiger partial charge in [-0.1, -0.05) is 6.92 Å². The zero-order valence-electron chi connectivity index (χ0n) is 11.4. The van der Waals surface area contributed by atoms with E-state index in [1.807, 2.05) is 24.6 Å². The van der Waals surface area contributed by atoms with Gasteiger partial charge in [-0.2, -0.15) is 0 Å². The highest BCUT2D eigenvalue weighted by molar-refractivity contribution is 5.89. The van der Waals surface area contributed by atoms with Gasteiger partial charge in [0.15, 0.2) is 0 Å². The Hall–Kier alpha value is -1.85. The molecule has 0 spiro atoms. The highest BCUT2D eigenvalue weighted by Crippen LogP contribution is 2.07. The molecule has 1 aliphatic rings. The summed E-state index contributed by atoms with van der Waals surface area (Å²) in [5.41, 5.74) is 0. The minimum atomic E-state index is -0.376. The SMILES string of the molecule is CCC1NC(=O)CCN(CCn2ccnc2C)C1=O. The molecular formula is C13H20N4O2. The van der Waals surface area contributed by atoms with Crippen molar-refractivity contribution in [1.82, 2.24) is 19.8 Å². The number of aromatic nitrogens is 2. The largest absolute Gasteiger partial charge is 0.344 e. The van der Waals surface area contributed by atoms with E-state index >= 15 is 0 Å². The summed E-state index contributed by atoms with van der Waals surface area (Å²) in [5.74, 6) is 0.913. The van der Waals surface area contributed by atoms with E-state index in [1.165, 1.54) is 0 Å². The van der Waals surface area contributed by atoms with Gasteiger partial charge in [0.1, 0.15) is 11.9 Å². The number of carbonyl (C=O) groups excluding carboxylic acids is 2. The van der Waals surface area contributed by atoms with Crippen LogP contribution in [0.4, 0.5) is 0 Å². The second-order valence-corrected chi connectivity index (χ2v) is 4.77. The predicted molar refractivity (Wildman–Crippen MR) is 70.4 cm³/mol. The van der Waals surface area contributed by atoms with Crippen LogP contribution in [-0.4, -0.2) is 45.4 Å². The lowest BCUT2D eigenvalue weighted by Gasteiger charge is -2.23. The van der Waals surface area contributed by atoms with Gasteiger partial charge in [-0.25, -0.2) is 4.98 Å². The Labute approximate surface area is 112 Å². The summed E-state index contributed by atoms with van der Waals surface area (Å²) in [6, 6.07) is -0.376. The first kappa shape index (κ1) is 13.6. The Morgan fingerprint density at radius 2 is 2.21 bits per heavy atom. The van der Waals surface area contributed by atoms with Crippen molar-refractivity contribution in [2.45, 2.75) is 39.3 Å². The molecule has 104 valence electrons. The summed E-state index contributed by atoms with van der Waals surface area (Å²) in [6.45, 7) is 5.66. The van der Waals surface area contributed by atoms with Gasteiger partial charge in [0.05, 0.1) is 0 Å². The molecule has 1 aliphatic heterocycles. The van der Waals surface area contributed by atoms with Gasteiger partial charge in [-0.3, -0.25) is 9.59 Å². The van der Waals surface area contributed by atoms with Crippen LogP contribution < -0.4 is 5.32 Å². The molecule has 2 amide bonds. The van der Waals surface area contributed by atoms with E-state index in [9.17, 15) is 9.59 Å². The molecule has 0 aromatic carbocycles. The number of nitrogens with one attached hydrogen (secondary N) is 1. The number of rotatable bonds is 4. The van der Waals surface area contributed by atoms with Crippen LogP contribution in [-0.2, 0) is 16.1 Å². The maximum atomic E-state index is 12.3. The fourth-order valence-corrected chi connectivity index (χ4v) is 2.26. The quantitative estimate of drug-likeness (QED) is 0.851. The number of nitrogens with zero attached hydrogens (tertiary/aromatic N) is 3. The molecule has 19 heavy (non-hydrogen) atoms. The fourth-order valence-electron chi connectivity index (χ4n) is 2.26. The van der Waals surface area contributed by atoms with Crippen molar-refractivity contribution < 1.29 is 9.59 Å². The monoisotopic (exact) mass is 264 g/mol. The highest BCUT2D eigenvalue weighted by Gasteiger charge is 2.28. The molecule has 6 heteroatoms. The van der Waals surface area contributed by atoms with E-state index in [0.29, 0.717) is 32.5 Å². The second-order valence-electron chi connectivity index (χ2n) is 4.77. The van der Waals surface area contributed by atoms with Crippen LogP contribution in [0.2, 0.25) is 0 Å². The number of hydrogen-bond donors (Lipinski definition) is 1. The Kier molecular flexibility index (Phi) is 4.19. The van der Waals surface area contributed by atoms with Crippen molar-refractivity contribution in [1.29, 1.82) is 0 Å². The minimum absolute atomic E-state index is 0.0196. The molecule has 1 N–H and O–H groups in total. The topological polar surface area (TPSA) is 67.2 Å². The van der Waals surface area contributed by atoms with Crippen molar-refractivity contribution in [2.24, 2.45) is 0 Å². The first-order valence-corrected chi connectivity index (χ1v) is 6.67. The Balaban J connectivity index is 2.00. The average molecular weight is 264 g/mol. The van der Waals surface area contributed by atoms with Gasteiger partial charge in [0.25, 0.3) is 0 Å². The third kappa shape index (κ3) is 3.13. The smallest absolute Gasteiger partial charge is 0.245 e. The summed E-state index contributed by atoms with van der Waals surface area (Å²) in [7, 11) is 0. The molecule has 1 aromatic rings. The summed E-state index contributed by atoms with van der Waals surface area (Å²) >= 11 is 0. The van der Waals surface area contributed by atoms with Crippen LogP contribution in [0.3, 0.4) is 0 Å². The van der Waals surface area contributed by atoms with Gasteiger partial charge >= 0.3 is 0 Å². The van der Waals surface area contributed by atoms with Crippen LogP contribution in [0.25, 0.3) is 0 Å². The van der Waals surface area contributed by atoms with Crippen LogP contribution in [0.1, 0.15) is 25.6 Å². The molecule has 1 atom stereocenters. The maximum Gasteiger partial charge on any atom is 0.245 e. The van der Waals surface area contributed by atoms with Crippen LogP contribution in [0.5, 0.6) is 0 Å². The number of hydrogen-bond acceptors (Lipinski definition) is 3. The van der Waals surface area contributed by atoms with Crippen LogP contribution in [0, 0.1) is 6.92 Å². The van der Waals surface area contributed by atoms with Crippen molar-refractivity contribution in [3.8, 4) is 0 Å². The number of imidazole rings is 1. The van der Waals surface area contributed by atoms with Crippen molar-refractivity contribution in [3.05, 3.63) is 18.2 Å². The Bertz CT molecular complexity index is 469.